The predicted octanol–water partition coefficient (Wildman–Crippen LogP) is 2.29. The first-order valence-electron chi connectivity index (χ1n) is 10.6. The number of amides is 2. The minimum absolute atomic E-state index is 0.0281. The first-order chi connectivity index (χ1) is 13.4. The number of hydrogen-bond acceptors (Lipinski definition) is 4. The van der Waals surface area contributed by atoms with Crippen LogP contribution < -0.4 is 0 Å². The van der Waals surface area contributed by atoms with Crippen LogP contribution in [0, 0.1) is 5.41 Å². The third-order valence-electron chi connectivity index (χ3n) is 7.17. The van der Waals surface area contributed by atoms with Gasteiger partial charge in [0.15, 0.2) is 0 Å². The zero-order valence-corrected chi connectivity index (χ0v) is 17.3. The predicted molar refractivity (Wildman–Crippen MR) is 107 cm³/mol. The van der Waals surface area contributed by atoms with E-state index in [1.165, 1.54) is 0 Å². The van der Waals surface area contributed by atoms with Crippen molar-refractivity contribution in [3.05, 3.63) is 30.1 Å². The summed E-state index contributed by atoms with van der Waals surface area (Å²) in [6.07, 6.45) is 7.24. The fourth-order valence-electron chi connectivity index (χ4n) is 6.03. The smallest absolute Gasteiger partial charge is 0.237 e. The van der Waals surface area contributed by atoms with E-state index in [0.29, 0.717) is 19.6 Å². The van der Waals surface area contributed by atoms with Crippen LogP contribution in [0.5, 0.6) is 0 Å². The van der Waals surface area contributed by atoms with Crippen LogP contribution in [0.25, 0.3) is 0 Å². The van der Waals surface area contributed by atoms with Crippen LogP contribution in [0.1, 0.15) is 51.6 Å². The van der Waals surface area contributed by atoms with Crippen LogP contribution in [-0.2, 0) is 16.1 Å². The van der Waals surface area contributed by atoms with E-state index in [9.17, 15) is 9.59 Å². The Morgan fingerprint density at radius 3 is 2.68 bits per heavy atom. The highest BCUT2D eigenvalue weighted by Crippen LogP contribution is 2.53. The van der Waals surface area contributed by atoms with Crippen LogP contribution in [-0.4, -0.2) is 69.8 Å². The van der Waals surface area contributed by atoms with Gasteiger partial charge in [0.2, 0.25) is 11.8 Å². The van der Waals surface area contributed by atoms with Crippen molar-refractivity contribution in [3.8, 4) is 0 Å². The summed E-state index contributed by atoms with van der Waals surface area (Å²) in [6, 6.07) is 6.56. The summed E-state index contributed by atoms with van der Waals surface area (Å²) >= 11 is 0. The number of nitrogens with zero attached hydrogens (tertiary/aromatic N) is 4. The van der Waals surface area contributed by atoms with E-state index in [2.05, 4.69) is 21.7 Å². The molecule has 0 aromatic carbocycles. The van der Waals surface area contributed by atoms with Crippen molar-refractivity contribution in [2.75, 3.05) is 20.1 Å². The Labute approximate surface area is 167 Å². The standard InChI is InChI=1S/C22H32N4O2/c1-16(27)25-14-18-12-22(2)19(25)9-4-5-10-20(22)26(18)21(28)15-24(3)13-17-8-6-7-11-23-17/h6-8,11,18-20H,4-5,9-10,12-15H2,1-3H3/t18-,19+,20-,22+/m0/s1. The van der Waals surface area contributed by atoms with E-state index in [1.54, 1.807) is 13.1 Å². The van der Waals surface area contributed by atoms with Crippen molar-refractivity contribution in [1.82, 2.24) is 19.7 Å². The van der Waals surface area contributed by atoms with Crippen molar-refractivity contribution in [2.24, 2.45) is 5.41 Å². The molecular weight excluding hydrogens is 352 g/mol. The molecule has 0 unspecified atom stereocenters. The number of piperidine rings is 1. The van der Waals surface area contributed by atoms with Gasteiger partial charge in [0.25, 0.3) is 0 Å². The Morgan fingerprint density at radius 1 is 1.25 bits per heavy atom. The van der Waals surface area contributed by atoms with Gasteiger partial charge in [-0.2, -0.15) is 0 Å². The molecule has 2 aliphatic heterocycles. The molecule has 1 aromatic rings. The van der Waals surface area contributed by atoms with E-state index >= 15 is 0 Å². The second kappa shape index (κ2) is 7.47. The summed E-state index contributed by atoms with van der Waals surface area (Å²) in [4.78, 5) is 36.4. The largest absolute Gasteiger partial charge is 0.337 e. The Balaban J connectivity index is 1.52. The molecule has 2 saturated heterocycles. The lowest BCUT2D eigenvalue weighted by molar-refractivity contribution is -0.138. The van der Waals surface area contributed by atoms with Crippen LogP contribution in [0.2, 0.25) is 0 Å². The van der Waals surface area contributed by atoms with Crippen LogP contribution in [0.4, 0.5) is 0 Å². The number of hydrogen-bond donors (Lipinski definition) is 0. The third-order valence-corrected chi connectivity index (χ3v) is 7.17. The second-order valence-electron chi connectivity index (χ2n) is 9.15. The highest BCUT2D eigenvalue weighted by molar-refractivity contribution is 5.80. The Kier molecular flexibility index (Phi) is 5.17. The molecule has 4 atom stereocenters. The van der Waals surface area contributed by atoms with E-state index in [4.69, 9.17) is 0 Å². The van der Waals surface area contributed by atoms with Crippen LogP contribution >= 0.6 is 0 Å². The van der Waals surface area contributed by atoms with Gasteiger partial charge in [0.05, 0.1) is 18.3 Å². The molecule has 0 N–H and O–H groups in total. The summed E-state index contributed by atoms with van der Waals surface area (Å²) in [5.74, 6) is 0.353. The molecule has 152 valence electrons. The number of fused-ring (bicyclic) bond motifs is 1. The van der Waals surface area contributed by atoms with Gasteiger partial charge in [0, 0.05) is 43.7 Å². The molecule has 1 saturated carbocycles. The van der Waals surface area contributed by atoms with Gasteiger partial charge < -0.3 is 9.80 Å². The van der Waals surface area contributed by atoms with Crippen molar-refractivity contribution in [2.45, 2.75) is 70.6 Å². The van der Waals surface area contributed by atoms with E-state index in [-0.39, 0.29) is 35.4 Å². The molecule has 2 bridgehead atoms. The lowest BCUT2D eigenvalue weighted by Crippen LogP contribution is -2.55. The third kappa shape index (κ3) is 3.32. The van der Waals surface area contributed by atoms with Crippen LogP contribution in [0.3, 0.4) is 0 Å². The molecule has 2 amide bonds. The van der Waals surface area contributed by atoms with Gasteiger partial charge >= 0.3 is 0 Å². The average molecular weight is 385 g/mol. The minimum atomic E-state index is 0.0281. The molecular formula is C22H32N4O2. The monoisotopic (exact) mass is 384 g/mol. The number of likely N-dealkylation sites (tertiary alicyclic amines) is 2. The molecule has 1 aliphatic carbocycles. The zero-order valence-electron chi connectivity index (χ0n) is 17.3. The quantitative estimate of drug-likeness (QED) is 0.799. The molecule has 6 heteroatoms. The van der Waals surface area contributed by atoms with Gasteiger partial charge in [-0.15, -0.1) is 0 Å². The highest BCUT2D eigenvalue weighted by Gasteiger charge is 2.60. The van der Waals surface area contributed by atoms with E-state index < -0.39 is 0 Å². The topological polar surface area (TPSA) is 56.8 Å². The van der Waals surface area contributed by atoms with Gasteiger partial charge in [-0.3, -0.25) is 19.5 Å². The zero-order chi connectivity index (χ0) is 19.9. The summed E-state index contributed by atoms with van der Waals surface area (Å²) in [5.41, 5.74) is 1.00. The SMILES string of the molecule is CC(=O)N1C[C@@H]2C[C@@]3(C)[C@H](CCCC[C@@H]13)N2C(=O)CN(C)Cc1ccccn1. The maximum absolute atomic E-state index is 13.4. The Morgan fingerprint density at radius 2 is 2.00 bits per heavy atom. The normalized spacial score (nSPS) is 31.8. The van der Waals surface area contributed by atoms with Gasteiger partial charge in [-0.05, 0) is 38.4 Å². The summed E-state index contributed by atoms with van der Waals surface area (Å²) in [7, 11) is 1.98. The van der Waals surface area contributed by atoms with Gasteiger partial charge in [-0.25, -0.2) is 0 Å². The molecule has 6 nitrogen and oxygen atoms in total. The Hall–Kier alpha value is -1.95. The fraction of sp³-hybridized carbons (Fsp3) is 0.682. The number of pyridine rings is 1. The maximum atomic E-state index is 13.4. The Bertz CT molecular complexity index is 739. The van der Waals surface area contributed by atoms with Crippen molar-refractivity contribution >= 4 is 11.8 Å². The number of carbonyl (C=O) groups excluding carboxylic acids is 2. The molecule has 0 spiro atoms. The fourth-order valence-corrected chi connectivity index (χ4v) is 6.03. The lowest BCUT2D eigenvalue weighted by Gasteiger charge is -2.46. The summed E-state index contributed by atoms with van der Waals surface area (Å²) < 4.78 is 0. The molecule has 1 aromatic heterocycles. The number of rotatable bonds is 4. The molecule has 3 aliphatic rings. The van der Waals surface area contributed by atoms with Crippen molar-refractivity contribution in [1.29, 1.82) is 0 Å². The molecule has 4 rings (SSSR count). The van der Waals surface area contributed by atoms with Crippen molar-refractivity contribution < 1.29 is 9.59 Å². The molecule has 28 heavy (non-hydrogen) atoms. The second-order valence-corrected chi connectivity index (χ2v) is 9.15. The number of likely N-dealkylation sites (N-methyl/N-ethyl adjacent to an activating group) is 1. The number of aromatic nitrogens is 1. The highest BCUT2D eigenvalue weighted by atomic mass is 16.2. The lowest BCUT2D eigenvalue weighted by atomic mass is 9.71. The summed E-state index contributed by atoms with van der Waals surface area (Å²) in [5, 5.41) is 0. The molecule has 0 radical (unpaired) electrons. The maximum Gasteiger partial charge on any atom is 0.237 e. The van der Waals surface area contributed by atoms with Crippen molar-refractivity contribution in [3.63, 3.8) is 0 Å². The van der Waals surface area contributed by atoms with Crippen LogP contribution in [0.15, 0.2) is 24.4 Å². The van der Waals surface area contributed by atoms with E-state index in [0.717, 1.165) is 37.8 Å². The first kappa shape index (κ1) is 19.4. The van der Waals surface area contributed by atoms with Gasteiger partial charge in [0.1, 0.15) is 0 Å². The average Bonchev–Trinajstić information content (AvgIpc) is 2.76. The first-order valence-corrected chi connectivity index (χ1v) is 10.6. The number of carbonyl (C=O) groups is 2. The van der Waals surface area contributed by atoms with E-state index in [1.807, 2.05) is 30.1 Å². The molecule has 3 heterocycles. The summed E-state index contributed by atoms with van der Waals surface area (Å²) in [6.45, 7) is 5.75. The minimum Gasteiger partial charge on any atom is -0.337 e. The molecule has 3 fully saturated rings. The van der Waals surface area contributed by atoms with Gasteiger partial charge in [-0.1, -0.05) is 25.8 Å².